The third-order valence-electron chi connectivity index (χ3n) is 3.47. The van der Waals surface area contributed by atoms with Crippen LogP contribution in [0, 0.1) is 5.92 Å². The highest BCUT2D eigenvalue weighted by Gasteiger charge is 2.15. The highest BCUT2D eigenvalue weighted by molar-refractivity contribution is 5.88. The number of hydrogen-bond donors (Lipinski definition) is 2. The zero-order chi connectivity index (χ0) is 13.5. The van der Waals surface area contributed by atoms with Crippen molar-refractivity contribution in [1.29, 1.82) is 0 Å². The molecule has 0 radical (unpaired) electrons. The Morgan fingerprint density at radius 3 is 2.67 bits per heavy atom. The van der Waals surface area contributed by atoms with Gasteiger partial charge in [-0.2, -0.15) is 0 Å². The number of carboxylic acid groups (broad SMARTS) is 1. The van der Waals surface area contributed by atoms with Crippen LogP contribution in [0.25, 0.3) is 0 Å². The highest BCUT2D eigenvalue weighted by atomic mass is 16.4. The largest absolute Gasteiger partial charge is 0.478 e. The summed E-state index contributed by atoms with van der Waals surface area (Å²) in [6, 6.07) is 3.61. The Morgan fingerprint density at radius 1 is 1.44 bits per heavy atom. The van der Waals surface area contributed by atoms with Gasteiger partial charge in [-0.05, 0) is 25.0 Å². The van der Waals surface area contributed by atoms with Crippen LogP contribution < -0.4 is 5.32 Å². The minimum Gasteiger partial charge on any atom is -0.478 e. The quantitative estimate of drug-likeness (QED) is 0.781. The summed E-state index contributed by atoms with van der Waals surface area (Å²) in [6.07, 6.45) is 3.88. The summed E-state index contributed by atoms with van der Waals surface area (Å²) in [6.45, 7) is 6.99. The molecule has 1 atom stereocenters. The number of carbonyl (C=O) groups is 1. The number of hydrogen-bond acceptors (Lipinski definition) is 3. The topological polar surface area (TPSA) is 62.2 Å². The van der Waals surface area contributed by atoms with E-state index >= 15 is 0 Å². The maximum atomic E-state index is 11.0. The van der Waals surface area contributed by atoms with E-state index in [0.29, 0.717) is 24.2 Å². The van der Waals surface area contributed by atoms with Crippen molar-refractivity contribution >= 4 is 5.97 Å². The third-order valence-corrected chi connectivity index (χ3v) is 3.47. The van der Waals surface area contributed by atoms with E-state index in [1.165, 1.54) is 0 Å². The molecule has 0 amide bonds. The van der Waals surface area contributed by atoms with Gasteiger partial charge in [-0.15, -0.1) is 0 Å². The first-order valence-electron chi connectivity index (χ1n) is 6.50. The van der Waals surface area contributed by atoms with Gasteiger partial charge in [-0.1, -0.05) is 26.7 Å². The molecule has 0 aliphatic rings. The first kappa shape index (κ1) is 14.6. The molecule has 100 valence electrons. The third kappa shape index (κ3) is 3.81. The number of pyridine rings is 1. The van der Waals surface area contributed by atoms with Crippen LogP contribution >= 0.6 is 0 Å². The molecule has 0 saturated heterocycles. The average Bonchev–Trinajstić information content (AvgIpc) is 2.38. The van der Waals surface area contributed by atoms with E-state index in [1.807, 2.05) is 0 Å². The van der Waals surface area contributed by atoms with Gasteiger partial charge in [0.05, 0.1) is 11.3 Å². The van der Waals surface area contributed by atoms with Gasteiger partial charge >= 0.3 is 5.97 Å². The van der Waals surface area contributed by atoms with E-state index in [1.54, 1.807) is 18.3 Å². The Kier molecular flexibility index (Phi) is 5.78. The Bertz CT molecular complexity index is 389. The van der Waals surface area contributed by atoms with Gasteiger partial charge < -0.3 is 10.4 Å². The number of nitrogens with zero attached hydrogens (tertiary/aromatic N) is 1. The predicted octanol–water partition coefficient (Wildman–Crippen LogP) is 2.69. The number of nitrogens with one attached hydrogen (secondary N) is 1. The van der Waals surface area contributed by atoms with Gasteiger partial charge in [0.2, 0.25) is 0 Å². The summed E-state index contributed by atoms with van der Waals surface area (Å²) >= 11 is 0. The summed E-state index contributed by atoms with van der Waals surface area (Å²) < 4.78 is 0. The second-order valence-corrected chi connectivity index (χ2v) is 4.55. The average molecular weight is 250 g/mol. The Balaban J connectivity index is 2.66. The first-order chi connectivity index (χ1) is 8.60. The fourth-order valence-electron chi connectivity index (χ4n) is 2.19. The van der Waals surface area contributed by atoms with Gasteiger partial charge in [-0.3, -0.25) is 4.98 Å². The van der Waals surface area contributed by atoms with Crippen LogP contribution in [0.3, 0.4) is 0 Å². The van der Waals surface area contributed by atoms with Crippen molar-refractivity contribution in [2.75, 3.05) is 0 Å². The van der Waals surface area contributed by atoms with Crippen LogP contribution in [0.4, 0.5) is 0 Å². The molecule has 0 aliphatic heterocycles. The summed E-state index contributed by atoms with van der Waals surface area (Å²) in [5.41, 5.74) is 0.879. The van der Waals surface area contributed by atoms with E-state index in [4.69, 9.17) is 5.11 Å². The first-order valence-corrected chi connectivity index (χ1v) is 6.50. The lowest BCUT2D eigenvalue weighted by molar-refractivity contribution is 0.0694. The number of carboxylic acids is 1. The molecular formula is C14H22N2O2. The minimum atomic E-state index is -0.921. The van der Waals surface area contributed by atoms with Crippen molar-refractivity contribution < 1.29 is 9.90 Å². The van der Waals surface area contributed by atoms with Gasteiger partial charge in [-0.25, -0.2) is 4.79 Å². The van der Waals surface area contributed by atoms with E-state index in [-0.39, 0.29) is 5.56 Å². The normalized spacial score (nSPS) is 12.7. The molecule has 0 aliphatic carbocycles. The second kappa shape index (κ2) is 7.11. The lowest BCUT2D eigenvalue weighted by Crippen LogP contribution is -2.33. The SMILES string of the molecule is CCC(CC)C(C)NCc1ncccc1C(=O)O. The molecule has 1 aromatic heterocycles. The number of aromatic carboxylic acids is 1. The van der Waals surface area contributed by atoms with Crippen molar-refractivity contribution in [3.8, 4) is 0 Å². The van der Waals surface area contributed by atoms with Crippen molar-refractivity contribution in [1.82, 2.24) is 10.3 Å². The fraction of sp³-hybridized carbons (Fsp3) is 0.571. The lowest BCUT2D eigenvalue weighted by Gasteiger charge is -2.22. The monoisotopic (exact) mass is 250 g/mol. The molecular weight excluding hydrogens is 228 g/mol. The molecule has 0 aromatic carbocycles. The summed E-state index contributed by atoms with van der Waals surface area (Å²) in [5, 5.41) is 12.4. The zero-order valence-electron chi connectivity index (χ0n) is 11.3. The van der Waals surface area contributed by atoms with Crippen LogP contribution in [0.2, 0.25) is 0 Å². The molecule has 4 heteroatoms. The van der Waals surface area contributed by atoms with Crippen molar-refractivity contribution in [2.24, 2.45) is 5.92 Å². The molecule has 18 heavy (non-hydrogen) atoms. The van der Waals surface area contributed by atoms with Crippen LogP contribution in [0.15, 0.2) is 18.3 Å². The van der Waals surface area contributed by atoms with E-state index in [9.17, 15) is 4.79 Å². The van der Waals surface area contributed by atoms with Crippen molar-refractivity contribution in [3.63, 3.8) is 0 Å². The van der Waals surface area contributed by atoms with Crippen LogP contribution in [-0.2, 0) is 6.54 Å². The Morgan fingerprint density at radius 2 is 2.11 bits per heavy atom. The van der Waals surface area contributed by atoms with Gasteiger partial charge in [0.15, 0.2) is 0 Å². The van der Waals surface area contributed by atoms with Crippen LogP contribution in [-0.4, -0.2) is 22.1 Å². The Hall–Kier alpha value is -1.42. The molecule has 2 N–H and O–H groups in total. The number of rotatable bonds is 7. The smallest absolute Gasteiger partial charge is 0.337 e. The van der Waals surface area contributed by atoms with Gasteiger partial charge in [0, 0.05) is 18.8 Å². The van der Waals surface area contributed by atoms with Crippen LogP contribution in [0.1, 0.15) is 49.7 Å². The summed E-state index contributed by atoms with van der Waals surface area (Å²) in [5.74, 6) is -0.308. The molecule has 0 saturated carbocycles. The highest BCUT2D eigenvalue weighted by Crippen LogP contribution is 2.13. The molecule has 1 heterocycles. The fourth-order valence-corrected chi connectivity index (χ4v) is 2.19. The molecule has 0 bridgehead atoms. The van der Waals surface area contributed by atoms with Gasteiger partial charge in [0.1, 0.15) is 0 Å². The zero-order valence-corrected chi connectivity index (χ0v) is 11.3. The lowest BCUT2D eigenvalue weighted by atomic mass is 9.95. The Labute approximate surface area is 108 Å². The van der Waals surface area contributed by atoms with E-state index < -0.39 is 5.97 Å². The van der Waals surface area contributed by atoms with E-state index in [0.717, 1.165) is 12.8 Å². The van der Waals surface area contributed by atoms with Crippen LogP contribution in [0.5, 0.6) is 0 Å². The minimum absolute atomic E-state index is 0.279. The maximum absolute atomic E-state index is 11.0. The summed E-state index contributed by atoms with van der Waals surface area (Å²) in [7, 11) is 0. The predicted molar refractivity (Wildman–Crippen MR) is 71.6 cm³/mol. The van der Waals surface area contributed by atoms with Gasteiger partial charge in [0.25, 0.3) is 0 Å². The van der Waals surface area contributed by atoms with Crippen molar-refractivity contribution in [3.05, 3.63) is 29.6 Å². The molecule has 0 spiro atoms. The maximum Gasteiger partial charge on any atom is 0.337 e. The standard InChI is InChI=1S/C14H22N2O2/c1-4-11(5-2)10(3)16-9-13-12(14(17)18)7-6-8-15-13/h6-8,10-11,16H,4-5,9H2,1-3H3,(H,17,18). The molecule has 1 rings (SSSR count). The van der Waals surface area contributed by atoms with Crippen molar-refractivity contribution in [2.45, 2.75) is 46.2 Å². The molecule has 0 fully saturated rings. The molecule has 1 unspecified atom stereocenters. The molecule has 4 nitrogen and oxygen atoms in total. The summed E-state index contributed by atoms with van der Waals surface area (Å²) in [4.78, 5) is 15.2. The number of aromatic nitrogens is 1. The second-order valence-electron chi connectivity index (χ2n) is 4.55. The molecule has 1 aromatic rings. The van der Waals surface area contributed by atoms with E-state index in [2.05, 4.69) is 31.1 Å².